The summed E-state index contributed by atoms with van der Waals surface area (Å²) in [5.41, 5.74) is 7.97. The fraction of sp³-hybridized carbons (Fsp3) is 0.260. The number of aryl methyl sites for hydroxylation is 1. The summed E-state index contributed by atoms with van der Waals surface area (Å²) >= 11 is 0. The molecule has 1 aliphatic rings. The van der Waals surface area contributed by atoms with Gasteiger partial charge >= 0.3 is 0 Å². The number of nitrogens with one attached hydrogen (secondary N) is 1. The van der Waals surface area contributed by atoms with Crippen molar-refractivity contribution in [2.45, 2.75) is 70.0 Å². The third kappa shape index (κ3) is 10.5. The second kappa shape index (κ2) is 20.3. The molecule has 58 heavy (non-hydrogen) atoms. The van der Waals surface area contributed by atoms with Crippen LogP contribution < -0.4 is 5.32 Å². The molecule has 2 N–H and O–H groups in total. The molecule has 1 fully saturated rings. The summed E-state index contributed by atoms with van der Waals surface area (Å²) < 4.78 is 33.9. The van der Waals surface area contributed by atoms with E-state index in [0.717, 1.165) is 38.9 Å². The van der Waals surface area contributed by atoms with Gasteiger partial charge in [-0.1, -0.05) is 152 Å². The summed E-state index contributed by atoms with van der Waals surface area (Å²) in [5.74, 6) is -0.154. The highest BCUT2D eigenvalue weighted by Gasteiger charge is 2.51. The minimum Gasteiger partial charge on any atom is -0.386 e. The van der Waals surface area contributed by atoms with Crippen molar-refractivity contribution in [3.8, 4) is 11.1 Å². The van der Waals surface area contributed by atoms with Gasteiger partial charge in [0.1, 0.15) is 36.6 Å². The molecule has 0 aromatic heterocycles. The molecule has 0 bridgehead atoms. The second-order valence-electron chi connectivity index (χ2n) is 14.6. The van der Waals surface area contributed by atoms with Crippen LogP contribution in [0.2, 0.25) is 0 Å². The Morgan fingerprint density at radius 2 is 1.10 bits per heavy atom. The van der Waals surface area contributed by atoms with Crippen molar-refractivity contribution in [2.24, 2.45) is 0 Å². The smallest absolute Gasteiger partial charge is 0.251 e. The van der Waals surface area contributed by atoms with Crippen LogP contribution in [0.4, 0.5) is 0 Å². The van der Waals surface area contributed by atoms with Crippen LogP contribution in [0.3, 0.4) is 0 Å². The first-order valence-corrected chi connectivity index (χ1v) is 19.8. The van der Waals surface area contributed by atoms with E-state index in [1.165, 1.54) is 0 Å². The molecule has 7 rings (SSSR count). The van der Waals surface area contributed by atoms with Crippen molar-refractivity contribution in [1.82, 2.24) is 5.32 Å². The summed E-state index contributed by atoms with van der Waals surface area (Å²) in [6.07, 6.45) is -4.66. The molecule has 0 saturated carbocycles. The monoisotopic (exact) mass is 777 g/mol. The van der Waals surface area contributed by atoms with Gasteiger partial charge in [0, 0.05) is 12.6 Å². The summed E-state index contributed by atoms with van der Waals surface area (Å²) in [6, 6.07) is 53.4. The second-order valence-corrected chi connectivity index (χ2v) is 14.6. The van der Waals surface area contributed by atoms with Gasteiger partial charge in [-0.25, -0.2) is 0 Å². The van der Waals surface area contributed by atoms with E-state index in [2.05, 4.69) is 5.32 Å². The Morgan fingerprint density at radius 1 is 0.603 bits per heavy atom. The highest BCUT2D eigenvalue weighted by Crippen LogP contribution is 2.38. The van der Waals surface area contributed by atoms with Crippen LogP contribution in [0.25, 0.3) is 11.1 Å². The Balaban J connectivity index is 1.25. The Morgan fingerprint density at radius 3 is 1.64 bits per heavy atom. The third-order valence-electron chi connectivity index (χ3n) is 10.5. The molecule has 0 unspecified atom stereocenters. The lowest BCUT2D eigenvalue weighted by molar-refractivity contribution is -0.287. The zero-order valence-corrected chi connectivity index (χ0v) is 33.0. The van der Waals surface area contributed by atoms with Gasteiger partial charge in [0.2, 0.25) is 0 Å². The molecule has 8 nitrogen and oxygen atoms in total. The van der Waals surface area contributed by atoms with Crippen molar-refractivity contribution in [1.29, 1.82) is 0 Å². The van der Waals surface area contributed by atoms with Crippen molar-refractivity contribution in [3.63, 3.8) is 0 Å². The quantitative estimate of drug-likeness (QED) is 0.0957. The number of hydrogen-bond acceptors (Lipinski definition) is 7. The first-order chi connectivity index (χ1) is 28.5. The molecule has 8 heteroatoms. The van der Waals surface area contributed by atoms with Gasteiger partial charge in [-0.3, -0.25) is 4.79 Å². The van der Waals surface area contributed by atoms with E-state index in [9.17, 15) is 9.90 Å². The molecule has 1 aliphatic heterocycles. The number of aliphatic hydroxyl groups excluding tert-OH is 1. The number of ether oxygens (including phenoxy) is 5. The number of carbonyl (C=O) groups excluding carboxylic acids is 1. The molecule has 0 radical (unpaired) electrons. The lowest BCUT2D eigenvalue weighted by atomic mass is 9.87. The van der Waals surface area contributed by atoms with Gasteiger partial charge in [-0.2, -0.15) is 0 Å². The lowest BCUT2D eigenvalue weighted by Crippen LogP contribution is -2.62. The summed E-state index contributed by atoms with van der Waals surface area (Å²) in [4.78, 5) is 12.4. The minimum atomic E-state index is -1.11. The Bertz CT molecular complexity index is 2170. The standard InChI is InChI=1S/C50H51NO7/c1-35-28-41(40-24-15-25-42(29-40)50(53)51-2)26-27-43(35)45(52)47-49(57-33-39-22-13-6-14-23-39)48(56-32-38-20-11-5-12-21-38)46(55-31-37-18-9-4-10-19-37)44(58-47)34-54-30-36-16-7-3-8-17-36/h3-29,44-49,52H,30-34H2,1-2H3,(H,51,53)/t44-,45+,46+,47+,48-,49-/m0/s1. The summed E-state index contributed by atoms with van der Waals surface area (Å²) in [7, 11) is 1.62. The fourth-order valence-corrected chi connectivity index (χ4v) is 7.43. The van der Waals surface area contributed by atoms with Gasteiger partial charge in [0.05, 0.1) is 33.0 Å². The van der Waals surface area contributed by atoms with Crippen LogP contribution >= 0.6 is 0 Å². The number of hydrogen-bond donors (Lipinski definition) is 2. The van der Waals surface area contributed by atoms with Crippen LogP contribution in [0.1, 0.15) is 49.8 Å². The van der Waals surface area contributed by atoms with E-state index in [-0.39, 0.29) is 19.1 Å². The van der Waals surface area contributed by atoms with Gasteiger partial charge in [-0.05, 0) is 63.6 Å². The molecule has 1 saturated heterocycles. The number of aliphatic hydroxyl groups is 1. The van der Waals surface area contributed by atoms with Crippen LogP contribution in [0.5, 0.6) is 0 Å². The molecule has 0 spiro atoms. The molecule has 1 heterocycles. The Hall–Kier alpha value is -5.45. The third-order valence-corrected chi connectivity index (χ3v) is 10.5. The van der Waals surface area contributed by atoms with Crippen LogP contribution in [0.15, 0.2) is 164 Å². The average molecular weight is 778 g/mol. The first-order valence-electron chi connectivity index (χ1n) is 19.8. The predicted octanol–water partition coefficient (Wildman–Crippen LogP) is 8.80. The molecular formula is C50H51NO7. The average Bonchev–Trinajstić information content (AvgIpc) is 3.28. The Kier molecular flexibility index (Phi) is 14.3. The molecule has 1 amide bonds. The van der Waals surface area contributed by atoms with Crippen molar-refractivity contribution in [2.75, 3.05) is 13.7 Å². The van der Waals surface area contributed by atoms with Crippen LogP contribution in [0, 0.1) is 6.92 Å². The number of rotatable bonds is 17. The zero-order chi connectivity index (χ0) is 40.1. The maximum absolute atomic E-state index is 12.5. The van der Waals surface area contributed by atoms with E-state index in [4.69, 9.17) is 23.7 Å². The van der Waals surface area contributed by atoms with E-state index in [0.29, 0.717) is 30.9 Å². The van der Waals surface area contributed by atoms with Crippen LogP contribution in [-0.2, 0) is 50.1 Å². The van der Waals surface area contributed by atoms with E-state index >= 15 is 0 Å². The molecule has 298 valence electrons. The zero-order valence-electron chi connectivity index (χ0n) is 33.0. The summed E-state index contributed by atoms with van der Waals surface area (Å²) in [5, 5.41) is 15.2. The lowest BCUT2D eigenvalue weighted by Gasteiger charge is -2.47. The normalized spacial score (nSPS) is 19.7. The van der Waals surface area contributed by atoms with E-state index < -0.39 is 36.6 Å². The molecular weight excluding hydrogens is 727 g/mol. The highest BCUT2D eigenvalue weighted by atomic mass is 16.6. The Labute approximate surface area is 341 Å². The van der Waals surface area contributed by atoms with Gasteiger partial charge in [0.15, 0.2) is 0 Å². The summed E-state index contributed by atoms with van der Waals surface area (Å²) in [6.45, 7) is 3.42. The maximum atomic E-state index is 12.5. The number of benzene rings is 6. The number of carbonyl (C=O) groups is 1. The minimum absolute atomic E-state index is 0.154. The topological polar surface area (TPSA) is 95.5 Å². The van der Waals surface area contributed by atoms with Gasteiger partial charge in [-0.15, -0.1) is 0 Å². The first kappa shape index (κ1) is 40.7. The van der Waals surface area contributed by atoms with E-state index in [1.54, 1.807) is 13.1 Å². The predicted molar refractivity (Wildman–Crippen MR) is 225 cm³/mol. The van der Waals surface area contributed by atoms with Gasteiger partial charge < -0.3 is 34.1 Å². The molecule has 0 aliphatic carbocycles. The maximum Gasteiger partial charge on any atom is 0.251 e. The van der Waals surface area contributed by atoms with Crippen molar-refractivity contribution in [3.05, 3.63) is 203 Å². The highest BCUT2D eigenvalue weighted by molar-refractivity contribution is 5.95. The molecule has 6 atom stereocenters. The van der Waals surface area contributed by atoms with Crippen LogP contribution in [-0.4, -0.2) is 55.2 Å². The van der Waals surface area contributed by atoms with Crippen molar-refractivity contribution >= 4 is 5.91 Å². The molecule has 6 aromatic carbocycles. The SMILES string of the molecule is CNC(=O)c1cccc(-c2ccc([C@@H](O)[C@H]3O[C@@H](COCc4ccccc4)[C@@H](OCc4ccccc4)[C@H](OCc4ccccc4)[C@H]3OCc3ccccc3)c(C)c2)c1. The largest absolute Gasteiger partial charge is 0.386 e. The molecule has 6 aromatic rings. The van der Waals surface area contributed by atoms with Gasteiger partial charge in [0.25, 0.3) is 5.91 Å². The fourth-order valence-electron chi connectivity index (χ4n) is 7.43. The van der Waals surface area contributed by atoms with Crippen molar-refractivity contribution < 1.29 is 33.6 Å². The number of amides is 1. The van der Waals surface area contributed by atoms with E-state index in [1.807, 2.05) is 165 Å².